The molecule has 7 nitrogen and oxygen atoms in total. The van der Waals surface area contributed by atoms with E-state index in [1.807, 2.05) is 6.07 Å². The smallest absolute Gasteiger partial charge is 0.326 e. The van der Waals surface area contributed by atoms with Crippen molar-refractivity contribution in [1.82, 2.24) is 9.55 Å². The fourth-order valence-corrected chi connectivity index (χ4v) is 2.57. The topological polar surface area (TPSA) is 107 Å². The van der Waals surface area contributed by atoms with Crippen LogP contribution in [-0.2, 0) is 16.1 Å². The number of hydrogen-bond acceptors (Lipinski definition) is 5. The van der Waals surface area contributed by atoms with Crippen molar-refractivity contribution in [1.29, 1.82) is 0 Å². The Balaban J connectivity index is 2.35. The van der Waals surface area contributed by atoms with Crippen LogP contribution in [0, 0.1) is 0 Å². The number of fused-ring (bicyclic) bond motifs is 3. The number of ether oxygens (including phenoxy) is 1. The van der Waals surface area contributed by atoms with Crippen LogP contribution in [0.1, 0.15) is 6.92 Å². The number of rotatable bonds is 3. The first-order valence-electron chi connectivity index (χ1n) is 7.12. The van der Waals surface area contributed by atoms with Gasteiger partial charge in [0, 0.05) is 11.1 Å². The van der Waals surface area contributed by atoms with E-state index in [2.05, 4.69) is 4.98 Å². The number of hydrogen-bond donors (Lipinski definition) is 2. The molecular weight excluding hydrogens is 298 g/mol. The molecule has 0 aliphatic rings. The quantitative estimate of drug-likeness (QED) is 0.324. The highest BCUT2D eigenvalue weighted by Gasteiger charge is 2.13. The lowest BCUT2D eigenvalue weighted by Gasteiger charge is -2.11. The van der Waals surface area contributed by atoms with E-state index in [1.165, 1.54) is 0 Å². The maximum Gasteiger partial charge on any atom is 0.326 e. The number of anilines is 1. The highest BCUT2D eigenvalue weighted by molar-refractivity contribution is 6.05. The van der Waals surface area contributed by atoms with Gasteiger partial charge in [-0.05, 0) is 30.5 Å². The molecular formula is C16H15N3O4. The van der Waals surface area contributed by atoms with Crippen LogP contribution in [0.3, 0.4) is 0 Å². The minimum absolute atomic E-state index is 0.203. The summed E-state index contributed by atoms with van der Waals surface area (Å²) in [6.07, 6.45) is 0. The Morgan fingerprint density at radius 2 is 2.00 bits per heavy atom. The summed E-state index contributed by atoms with van der Waals surface area (Å²) in [6.45, 7) is 1.56. The molecule has 0 spiro atoms. The summed E-state index contributed by atoms with van der Waals surface area (Å²) in [4.78, 5) is 38.4. The number of nitrogens with one attached hydrogen (secondary N) is 1. The largest absolute Gasteiger partial charge is 0.465 e. The number of H-pyrrole nitrogens is 1. The predicted octanol–water partition coefficient (Wildman–Crippen LogP) is 0.988. The third kappa shape index (κ3) is 2.57. The summed E-state index contributed by atoms with van der Waals surface area (Å²) in [6, 6.07) is 8.78. The zero-order chi connectivity index (χ0) is 16.6. The second-order valence-corrected chi connectivity index (χ2v) is 5.09. The molecule has 3 rings (SSSR count). The molecule has 0 aliphatic carbocycles. The standard InChI is InChI=1S/C16H15N3O4/c1-2-23-13(20)8-19-12-6-4-9-3-5-10(17)7-11(9)14(12)18-15(21)16(19)22/h3-7H,2,8,17H2,1H3,(H,18,21). The van der Waals surface area contributed by atoms with Gasteiger partial charge in [0.1, 0.15) is 6.54 Å². The third-order valence-corrected chi connectivity index (χ3v) is 3.58. The van der Waals surface area contributed by atoms with Crippen LogP contribution < -0.4 is 16.9 Å². The summed E-state index contributed by atoms with van der Waals surface area (Å²) in [5.41, 5.74) is 5.66. The third-order valence-electron chi connectivity index (χ3n) is 3.58. The lowest BCUT2D eigenvalue weighted by atomic mass is 10.1. The summed E-state index contributed by atoms with van der Waals surface area (Å²) in [5.74, 6) is -0.575. The van der Waals surface area contributed by atoms with Crippen LogP contribution in [-0.4, -0.2) is 22.1 Å². The average molecular weight is 313 g/mol. The predicted molar refractivity (Wildman–Crippen MR) is 87.4 cm³/mol. The van der Waals surface area contributed by atoms with Crippen molar-refractivity contribution in [3.05, 3.63) is 51.0 Å². The highest BCUT2D eigenvalue weighted by Crippen LogP contribution is 2.24. The number of nitrogens with two attached hydrogens (primary N) is 1. The van der Waals surface area contributed by atoms with E-state index in [4.69, 9.17) is 10.5 Å². The first kappa shape index (κ1) is 14.8. The maximum absolute atomic E-state index is 12.1. The van der Waals surface area contributed by atoms with Crippen LogP contribution in [0.2, 0.25) is 0 Å². The molecule has 0 aliphatic heterocycles. The molecule has 0 radical (unpaired) electrons. The van der Waals surface area contributed by atoms with Gasteiger partial charge >= 0.3 is 17.1 Å². The molecule has 3 aromatic rings. The fraction of sp³-hybridized carbons (Fsp3) is 0.188. The summed E-state index contributed by atoms with van der Waals surface area (Å²) in [7, 11) is 0. The van der Waals surface area contributed by atoms with Crippen molar-refractivity contribution >= 4 is 33.5 Å². The Bertz CT molecular complexity index is 1030. The zero-order valence-corrected chi connectivity index (χ0v) is 12.5. The number of aromatic nitrogens is 2. The molecule has 0 saturated heterocycles. The van der Waals surface area contributed by atoms with Gasteiger partial charge in [0.25, 0.3) is 0 Å². The van der Waals surface area contributed by atoms with Crippen LogP contribution in [0.25, 0.3) is 21.8 Å². The zero-order valence-electron chi connectivity index (χ0n) is 12.5. The molecule has 0 bridgehead atoms. The van der Waals surface area contributed by atoms with Gasteiger partial charge in [0.15, 0.2) is 0 Å². The van der Waals surface area contributed by atoms with E-state index in [0.717, 1.165) is 9.95 Å². The number of nitrogens with zero attached hydrogens (tertiary/aromatic N) is 1. The van der Waals surface area contributed by atoms with Crippen molar-refractivity contribution in [3.63, 3.8) is 0 Å². The lowest BCUT2D eigenvalue weighted by Crippen LogP contribution is -2.38. The van der Waals surface area contributed by atoms with Crippen LogP contribution >= 0.6 is 0 Å². The number of carbonyl (C=O) groups excluding carboxylic acids is 1. The SMILES string of the molecule is CCOC(=O)Cn1c(=O)c(=O)[nH]c2c3cc(N)ccc3ccc21. The normalized spacial score (nSPS) is 11.0. The number of carbonyl (C=O) groups is 1. The van der Waals surface area contributed by atoms with E-state index in [1.54, 1.807) is 31.2 Å². The number of aromatic amines is 1. The van der Waals surface area contributed by atoms with E-state index in [0.29, 0.717) is 22.1 Å². The second kappa shape index (κ2) is 5.60. The minimum Gasteiger partial charge on any atom is -0.465 e. The molecule has 23 heavy (non-hydrogen) atoms. The van der Waals surface area contributed by atoms with E-state index in [-0.39, 0.29) is 13.2 Å². The van der Waals surface area contributed by atoms with Crippen molar-refractivity contribution in [2.24, 2.45) is 0 Å². The highest BCUT2D eigenvalue weighted by atomic mass is 16.5. The molecule has 0 fully saturated rings. The van der Waals surface area contributed by atoms with Crippen LogP contribution in [0.15, 0.2) is 39.9 Å². The summed E-state index contributed by atoms with van der Waals surface area (Å²) < 4.78 is 5.99. The molecule has 7 heteroatoms. The molecule has 2 aromatic carbocycles. The van der Waals surface area contributed by atoms with Gasteiger partial charge in [0.2, 0.25) is 0 Å². The van der Waals surface area contributed by atoms with Gasteiger partial charge in [0.05, 0.1) is 17.6 Å². The van der Waals surface area contributed by atoms with Crippen molar-refractivity contribution < 1.29 is 9.53 Å². The maximum atomic E-state index is 12.1. The average Bonchev–Trinajstić information content (AvgIpc) is 2.52. The lowest BCUT2D eigenvalue weighted by molar-refractivity contribution is -0.143. The Morgan fingerprint density at radius 3 is 2.74 bits per heavy atom. The number of nitrogen functional groups attached to an aromatic ring is 1. The molecule has 0 unspecified atom stereocenters. The molecule has 0 amide bonds. The van der Waals surface area contributed by atoms with Gasteiger partial charge in [-0.3, -0.25) is 19.0 Å². The van der Waals surface area contributed by atoms with Crippen molar-refractivity contribution in [2.75, 3.05) is 12.3 Å². The summed E-state index contributed by atoms with van der Waals surface area (Å²) in [5, 5.41) is 1.57. The van der Waals surface area contributed by atoms with Gasteiger partial charge in [-0.1, -0.05) is 12.1 Å². The summed E-state index contributed by atoms with van der Waals surface area (Å²) >= 11 is 0. The van der Waals surface area contributed by atoms with Crippen LogP contribution in [0.4, 0.5) is 5.69 Å². The Kier molecular flexibility index (Phi) is 3.61. The molecule has 0 atom stereocenters. The van der Waals surface area contributed by atoms with Gasteiger partial charge in [-0.2, -0.15) is 0 Å². The van der Waals surface area contributed by atoms with Gasteiger partial charge in [-0.15, -0.1) is 0 Å². The minimum atomic E-state index is -0.797. The number of benzene rings is 2. The second-order valence-electron chi connectivity index (χ2n) is 5.09. The first-order chi connectivity index (χ1) is 11.0. The Hall–Kier alpha value is -3.09. The van der Waals surface area contributed by atoms with E-state index >= 15 is 0 Å². The van der Waals surface area contributed by atoms with E-state index in [9.17, 15) is 14.4 Å². The van der Waals surface area contributed by atoms with Gasteiger partial charge < -0.3 is 15.5 Å². The van der Waals surface area contributed by atoms with E-state index < -0.39 is 17.1 Å². The van der Waals surface area contributed by atoms with Crippen molar-refractivity contribution in [2.45, 2.75) is 13.5 Å². The van der Waals surface area contributed by atoms with Crippen molar-refractivity contribution in [3.8, 4) is 0 Å². The van der Waals surface area contributed by atoms with Crippen LogP contribution in [0.5, 0.6) is 0 Å². The monoisotopic (exact) mass is 313 g/mol. The first-order valence-corrected chi connectivity index (χ1v) is 7.12. The Morgan fingerprint density at radius 1 is 1.26 bits per heavy atom. The molecule has 118 valence electrons. The fourth-order valence-electron chi connectivity index (χ4n) is 2.57. The molecule has 3 N–H and O–H groups in total. The molecule has 0 saturated carbocycles. The van der Waals surface area contributed by atoms with Gasteiger partial charge in [-0.25, -0.2) is 0 Å². The molecule has 1 heterocycles. The number of esters is 1. The molecule has 1 aromatic heterocycles. The Labute approximate surface area is 130 Å².